The zero-order chi connectivity index (χ0) is 16.3. The Morgan fingerprint density at radius 2 is 1.82 bits per heavy atom. The van der Waals surface area contributed by atoms with Crippen molar-refractivity contribution in [2.24, 2.45) is 0 Å². The number of carbonyl (C=O) groups excluding carboxylic acids is 4. The van der Waals surface area contributed by atoms with Gasteiger partial charge in [-0.25, -0.2) is 0 Å². The molecule has 0 heterocycles. The molecule has 0 saturated carbocycles. The molecular formula is C16H16O6. The molecule has 0 fully saturated rings. The van der Waals surface area contributed by atoms with E-state index in [1.54, 1.807) is 13.8 Å². The quantitative estimate of drug-likeness (QED) is 0.470. The maximum absolute atomic E-state index is 12.3. The molecule has 0 amide bonds. The minimum atomic E-state index is -1.48. The Morgan fingerprint density at radius 1 is 1.09 bits per heavy atom. The molecule has 0 aromatic heterocycles. The van der Waals surface area contributed by atoms with Gasteiger partial charge in [0, 0.05) is 18.4 Å². The van der Waals surface area contributed by atoms with Gasteiger partial charge in [-0.1, -0.05) is 26.0 Å². The number of Topliss-reactive ketones (excluding diaryl/α,β-unsaturated/α-hetero) is 2. The SMILES string of the molecule is CCCC(=O)OC1C(=O)c2cccc(OC(=O)CC)c2C1=O. The van der Waals surface area contributed by atoms with Crippen molar-refractivity contribution in [3.8, 4) is 5.75 Å². The second-order valence-electron chi connectivity index (χ2n) is 4.85. The van der Waals surface area contributed by atoms with E-state index >= 15 is 0 Å². The first kappa shape index (κ1) is 15.9. The fourth-order valence-corrected chi connectivity index (χ4v) is 2.16. The van der Waals surface area contributed by atoms with Crippen molar-refractivity contribution in [2.45, 2.75) is 39.2 Å². The Balaban J connectivity index is 2.31. The maximum Gasteiger partial charge on any atom is 0.310 e. The van der Waals surface area contributed by atoms with E-state index in [9.17, 15) is 19.2 Å². The predicted molar refractivity (Wildman–Crippen MR) is 75.8 cm³/mol. The van der Waals surface area contributed by atoms with E-state index < -0.39 is 29.6 Å². The highest BCUT2D eigenvalue weighted by Gasteiger charge is 2.43. The van der Waals surface area contributed by atoms with E-state index in [4.69, 9.17) is 9.47 Å². The van der Waals surface area contributed by atoms with E-state index in [0.29, 0.717) is 6.42 Å². The summed E-state index contributed by atoms with van der Waals surface area (Å²) in [6.07, 6.45) is -0.651. The van der Waals surface area contributed by atoms with E-state index in [-0.39, 0.29) is 29.7 Å². The number of hydrogen-bond acceptors (Lipinski definition) is 6. The largest absolute Gasteiger partial charge is 0.445 e. The van der Waals surface area contributed by atoms with Crippen LogP contribution in [0.15, 0.2) is 18.2 Å². The number of esters is 2. The fourth-order valence-electron chi connectivity index (χ4n) is 2.16. The highest BCUT2D eigenvalue weighted by Crippen LogP contribution is 2.32. The zero-order valence-corrected chi connectivity index (χ0v) is 12.4. The molecule has 2 rings (SSSR count). The fraction of sp³-hybridized carbons (Fsp3) is 0.375. The molecule has 116 valence electrons. The van der Waals surface area contributed by atoms with Crippen molar-refractivity contribution in [3.05, 3.63) is 29.3 Å². The van der Waals surface area contributed by atoms with Gasteiger partial charge in [0.05, 0.1) is 5.56 Å². The molecule has 6 nitrogen and oxygen atoms in total. The van der Waals surface area contributed by atoms with E-state index in [2.05, 4.69) is 0 Å². The van der Waals surface area contributed by atoms with Gasteiger partial charge in [0.2, 0.25) is 17.7 Å². The van der Waals surface area contributed by atoms with Gasteiger partial charge in [0.1, 0.15) is 5.75 Å². The Hall–Kier alpha value is -2.50. The molecule has 1 aliphatic carbocycles. The minimum Gasteiger partial charge on any atom is -0.445 e. The van der Waals surface area contributed by atoms with Crippen molar-refractivity contribution in [2.75, 3.05) is 0 Å². The number of ketones is 2. The summed E-state index contributed by atoms with van der Waals surface area (Å²) in [6, 6.07) is 4.40. The summed E-state index contributed by atoms with van der Waals surface area (Å²) in [5, 5.41) is 0. The molecule has 1 aromatic rings. The Kier molecular flexibility index (Phi) is 4.70. The first-order valence-electron chi connectivity index (χ1n) is 7.11. The normalized spacial score (nSPS) is 16.4. The van der Waals surface area contributed by atoms with Gasteiger partial charge in [0.25, 0.3) is 0 Å². The van der Waals surface area contributed by atoms with E-state index in [0.717, 1.165) is 0 Å². The number of benzene rings is 1. The first-order chi connectivity index (χ1) is 10.5. The molecule has 0 aliphatic heterocycles. The summed E-state index contributed by atoms with van der Waals surface area (Å²) < 4.78 is 10.0. The third-order valence-electron chi connectivity index (χ3n) is 3.23. The molecule has 1 aromatic carbocycles. The number of rotatable bonds is 5. The molecule has 0 bridgehead atoms. The third-order valence-corrected chi connectivity index (χ3v) is 3.23. The van der Waals surface area contributed by atoms with Crippen LogP contribution in [-0.2, 0) is 14.3 Å². The molecule has 6 heteroatoms. The van der Waals surface area contributed by atoms with Crippen LogP contribution in [0.1, 0.15) is 53.8 Å². The van der Waals surface area contributed by atoms with Crippen molar-refractivity contribution in [3.63, 3.8) is 0 Å². The smallest absolute Gasteiger partial charge is 0.310 e. The summed E-state index contributed by atoms with van der Waals surface area (Å²) in [6.45, 7) is 3.41. The van der Waals surface area contributed by atoms with Crippen LogP contribution < -0.4 is 4.74 Å². The first-order valence-corrected chi connectivity index (χ1v) is 7.11. The monoisotopic (exact) mass is 304 g/mol. The summed E-state index contributed by atoms with van der Waals surface area (Å²) in [5.74, 6) is -2.33. The van der Waals surface area contributed by atoms with Gasteiger partial charge in [0.15, 0.2) is 0 Å². The molecule has 0 saturated heterocycles. The second-order valence-corrected chi connectivity index (χ2v) is 4.85. The Morgan fingerprint density at radius 3 is 2.45 bits per heavy atom. The van der Waals surface area contributed by atoms with Crippen LogP contribution in [-0.4, -0.2) is 29.6 Å². The van der Waals surface area contributed by atoms with Crippen LogP contribution in [0.2, 0.25) is 0 Å². The standard InChI is InChI=1S/C16H16O6/c1-3-6-12(18)22-16-14(19)9-7-5-8-10(13(9)15(16)20)21-11(17)4-2/h5,7-8,16H,3-4,6H2,1-2H3. The average molecular weight is 304 g/mol. The van der Waals surface area contributed by atoms with Crippen LogP contribution in [0.5, 0.6) is 5.75 Å². The lowest BCUT2D eigenvalue weighted by molar-refractivity contribution is -0.145. The van der Waals surface area contributed by atoms with Gasteiger partial charge >= 0.3 is 11.9 Å². The maximum atomic E-state index is 12.3. The van der Waals surface area contributed by atoms with Crippen molar-refractivity contribution >= 4 is 23.5 Å². The van der Waals surface area contributed by atoms with Crippen molar-refractivity contribution in [1.29, 1.82) is 0 Å². The van der Waals surface area contributed by atoms with Crippen molar-refractivity contribution < 1.29 is 28.7 Å². The molecule has 0 spiro atoms. The number of hydrogen-bond donors (Lipinski definition) is 0. The zero-order valence-electron chi connectivity index (χ0n) is 12.4. The molecular weight excluding hydrogens is 288 g/mol. The van der Waals surface area contributed by atoms with E-state index in [1.807, 2.05) is 0 Å². The number of carbonyl (C=O) groups is 4. The average Bonchev–Trinajstić information content (AvgIpc) is 2.73. The summed E-state index contributed by atoms with van der Waals surface area (Å²) in [4.78, 5) is 47.5. The highest BCUT2D eigenvalue weighted by atomic mass is 16.6. The summed E-state index contributed by atoms with van der Waals surface area (Å²) >= 11 is 0. The third kappa shape index (κ3) is 2.90. The lowest BCUT2D eigenvalue weighted by Crippen LogP contribution is -2.28. The Labute approximate surface area is 127 Å². The topological polar surface area (TPSA) is 86.7 Å². The molecule has 22 heavy (non-hydrogen) atoms. The molecule has 1 atom stereocenters. The van der Waals surface area contributed by atoms with Gasteiger partial charge in [-0.3, -0.25) is 19.2 Å². The van der Waals surface area contributed by atoms with Crippen LogP contribution >= 0.6 is 0 Å². The summed E-state index contributed by atoms with van der Waals surface area (Å²) in [7, 11) is 0. The molecule has 1 unspecified atom stereocenters. The minimum absolute atomic E-state index is 0.00333. The van der Waals surface area contributed by atoms with Gasteiger partial charge in [-0.05, 0) is 12.5 Å². The van der Waals surface area contributed by atoms with Gasteiger partial charge in [-0.15, -0.1) is 0 Å². The molecule has 1 aliphatic rings. The van der Waals surface area contributed by atoms with Gasteiger partial charge in [-0.2, -0.15) is 0 Å². The van der Waals surface area contributed by atoms with Crippen molar-refractivity contribution in [1.82, 2.24) is 0 Å². The number of fused-ring (bicyclic) bond motifs is 1. The Bertz CT molecular complexity index is 646. The lowest BCUT2D eigenvalue weighted by atomic mass is 10.1. The van der Waals surface area contributed by atoms with Crippen LogP contribution in [0.4, 0.5) is 0 Å². The summed E-state index contributed by atoms with van der Waals surface area (Å²) in [5.41, 5.74) is 0.115. The van der Waals surface area contributed by atoms with Crippen LogP contribution in [0, 0.1) is 0 Å². The molecule has 0 N–H and O–H groups in total. The molecule has 0 radical (unpaired) electrons. The van der Waals surface area contributed by atoms with Gasteiger partial charge < -0.3 is 9.47 Å². The second kappa shape index (κ2) is 6.51. The van der Waals surface area contributed by atoms with Crippen LogP contribution in [0.25, 0.3) is 0 Å². The van der Waals surface area contributed by atoms with Crippen LogP contribution in [0.3, 0.4) is 0 Å². The van der Waals surface area contributed by atoms with E-state index in [1.165, 1.54) is 18.2 Å². The predicted octanol–water partition coefficient (Wildman–Crippen LogP) is 2.09. The number of ether oxygens (including phenoxy) is 2. The highest BCUT2D eigenvalue weighted by molar-refractivity contribution is 6.30. The lowest BCUT2D eigenvalue weighted by Gasteiger charge is -2.09.